The molecule has 0 aromatic heterocycles. The van der Waals surface area contributed by atoms with Crippen LogP contribution in [0.2, 0.25) is 0 Å². The molecule has 0 amide bonds. The minimum atomic E-state index is 0.466. The Labute approximate surface area is 465 Å². The Morgan fingerprint density at radius 2 is 0.367 bits per heavy atom. The van der Waals surface area contributed by atoms with E-state index in [1.807, 2.05) is 164 Å². The normalized spacial score (nSPS) is 11.1. The monoisotopic (exact) mass is 1060 g/mol. The molecule has 0 aliphatic carbocycles. The summed E-state index contributed by atoms with van der Waals surface area (Å²) in [4.78, 5) is 2.33. The second kappa shape index (κ2) is 31.1. The molecule has 10 heteroatoms. The maximum atomic E-state index is 6.20. The highest BCUT2D eigenvalue weighted by atomic mass is 16.5. The van der Waals surface area contributed by atoms with Gasteiger partial charge in [0.25, 0.3) is 0 Å². The molecule has 0 radical (unpaired) electrons. The third-order valence-electron chi connectivity index (χ3n) is 13.0. The van der Waals surface area contributed by atoms with Crippen molar-refractivity contribution in [3.05, 3.63) is 287 Å². The molecule has 0 unspecified atom stereocenters. The Morgan fingerprint density at radius 3 is 0.570 bits per heavy atom. The molecule has 9 aromatic rings. The van der Waals surface area contributed by atoms with Crippen LogP contribution in [-0.4, -0.2) is 44.4 Å². The fourth-order valence-corrected chi connectivity index (χ4v) is 8.30. The molecule has 9 aromatic carbocycles. The molecule has 404 valence electrons. The Balaban J connectivity index is 0.688. The summed E-state index contributed by atoms with van der Waals surface area (Å²) in [5.41, 5.74) is 9.86. The molecule has 0 atom stereocenters. The third kappa shape index (κ3) is 19.9. The maximum Gasteiger partial charge on any atom is 0.119 e. The van der Waals surface area contributed by atoms with Crippen molar-refractivity contribution in [3.63, 3.8) is 0 Å². The van der Waals surface area contributed by atoms with Crippen LogP contribution in [0.15, 0.2) is 237 Å². The summed E-state index contributed by atoms with van der Waals surface area (Å²) in [5.74, 6) is 4.91. The average molecular weight is 1060 g/mol. The maximum absolute atomic E-state index is 6.20. The fourth-order valence-electron chi connectivity index (χ4n) is 8.30. The fraction of sp³-hybridized carbons (Fsp3) is 0.217. The van der Waals surface area contributed by atoms with E-state index in [-0.39, 0.29) is 0 Å². The Hall–Kier alpha value is -8.38. The Bertz CT molecular complexity index is 2730. The number of hydrogen-bond acceptors (Lipinski definition) is 10. The number of benzene rings is 9. The first kappa shape index (κ1) is 55.4. The molecule has 0 saturated heterocycles. The van der Waals surface area contributed by atoms with Gasteiger partial charge in [-0.2, -0.15) is 0 Å². The highest BCUT2D eigenvalue weighted by molar-refractivity contribution is 5.33. The molecule has 0 aliphatic heterocycles. The summed E-state index contributed by atoms with van der Waals surface area (Å²) in [5, 5.41) is 0. The number of nitrogens with zero attached hydrogens (tertiary/aromatic N) is 1. The van der Waals surface area contributed by atoms with Gasteiger partial charge in [-0.15, -0.1) is 0 Å². The van der Waals surface area contributed by atoms with Gasteiger partial charge in [0.1, 0.15) is 74.1 Å². The van der Waals surface area contributed by atoms with Crippen molar-refractivity contribution in [1.29, 1.82) is 0 Å². The molecule has 0 N–H and O–H groups in total. The summed E-state index contributed by atoms with van der Waals surface area (Å²) in [7, 11) is 0. The first-order chi connectivity index (χ1) is 39.1. The highest BCUT2D eigenvalue weighted by Gasteiger charge is 2.09. The highest BCUT2D eigenvalue weighted by Crippen LogP contribution is 2.22. The van der Waals surface area contributed by atoms with Crippen LogP contribution in [0.25, 0.3) is 0 Å². The standard InChI is InChI=1S/C69H69NO9/c1-4-10-55(11-5-1)49-74-67-34-22-61(23-35-67)52-77-64-28-16-58(17-29-64)46-71-43-40-70(41-44-72-47-59-18-30-65(31-19-59)78-53-62-24-36-68(37-25-62)75-50-56-12-6-2-7-13-56)42-45-73-48-60-20-32-66(33-21-60)79-54-63-26-38-69(39-27-63)76-51-57-14-8-3-9-15-57/h1-39H,40-54H2. The molecule has 9 rings (SSSR count). The zero-order chi connectivity index (χ0) is 53.8. The number of ether oxygens (including phenoxy) is 9. The molecule has 0 spiro atoms. The van der Waals surface area contributed by atoms with E-state index in [2.05, 4.69) is 77.7 Å². The first-order valence-electron chi connectivity index (χ1n) is 27.0. The van der Waals surface area contributed by atoms with Gasteiger partial charge in [0.2, 0.25) is 0 Å². The van der Waals surface area contributed by atoms with Gasteiger partial charge >= 0.3 is 0 Å². The van der Waals surface area contributed by atoms with Gasteiger partial charge in [-0.05, 0) is 123 Å². The third-order valence-corrected chi connectivity index (χ3v) is 13.0. The molecule has 0 aliphatic rings. The van der Waals surface area contributed by atoms with E-state index < -0.39 is 0 Å². The molecule has 0 bridgehead atoms. The predicted molar refractivity (Wildman–Crippen MR) is 309 cm³/mol. The topological polar surface area (TPSA) is 86.3 Å². The van der Waals surface area contributed by atoms with Crippen LogP contribution in [-0.2, 0) is 73.7 Å². The van der Waals surface area contributed by atoms with Gasteiger partial charge < -0.3 is 42.6 Å². The van der Waals surface area contributed by atoms with E-state index in [0.717, 1.165) is 104 Å². The lowest BCUT2D eigenvalue weighted by Crippen LogP contribution is -2.34. The van der Waals surface area contributed by atoms with Gasteiger partial charge in [-0.1, -0.05) is 164 Å². The number of rotatable bonds is 33. The summed E-state index contributed by atoms with van der Waals surface area (Å²) < 4.78 is 54.7. The van der Waals surface area contributed by atoms with Gasteiger partial charge in [-0.3, -0.25) is 4.90 Å². The lowest BCUT2D eigenvalue weighted by molar-refractivity contribution is 0.0426. The van der Waals surface area contributed by atoms with Crippen molar-refractivity contribution in [2.75, 3.05) is 39.5 Å². The van der Waals surface area contributed by atoms with E-state index in [9.17, 15) is 0 Å². The van der Waals surface area contributed by atoms with Crippen molar-refractivity contribution < 1.29 is 42.6 Å². The molecular formula is C69H69NO9. The zero-order valence-electron chi connectivity index (χ0n) is 44.7. The SMILES string of the molecule is c1ccc(COc2ccc(COc3ccc(COCCN(CCOCc4ccc(OCc5ccc(OCc6ccccc6)cc5)cc4)CCOCc4ccc(OCc5ccc(OCc6ccccc6)cc5)cc4)cc3)cc2)cc1. The minimum Gasteiger partial charge on any atom is -0.489 e. The van der Waals surface area contributed by atoms with Gasteiger partial charge in [0.15, 0.2) is 0 Å². The van der Waals surface area contributed by atoms with Crippen molar-refractivity contribution in [2.45, 2.75) is 59.5 Å². The summed E-state index contributed by atoms with van der Waals surface area (Å²) in [6.07, 6.45) is 0. The van der Waals surface area contributed by atoms with Crippen molar-refractivity contribution in [1.82, 2.24) is 4.90 Å². The van der Waals surface area contributed by atoms with Gasteiger partial charge in [-0.25, -0.2) is 0 Å². The van der Waals surface area contributed by atoms with Crippen LogP contribution in [0.1, 0.15) is 50.1 Å². The van der Waals surface area contributed by atoms with E-state index in [4.69, 9.17) is 42.6 Å². The number of hydrogen-bond donors (Lipinski definition) is 0. The smallest absolute Gasteiger partial charge is 0.119 e. The Kier molecular flexibility index (Phi) is 21.8. The summed E-state index contributed by atoms with van der Waals surface area (Å²) in [6, 6.07) is 78.9. The largest absolute Gasteiger partial charge is 0.489 e. The summed E-state index contributed by atoms with van der Waals surface area (Å²) >= 11 is 0. The molecule has 10 nitrogen and oxygen atoms in total. The molecule has 0 fully saturated rings. The molecule has 79 heavy (non-hydrogen) atoms. The van der Waals surface area contributed by atoms with Crippen LogP contribution in [0, 0.1) is 0 Å². The van der Waals surface area contributed by atoms with Gasteiger partial charge in [0, 0.05) is 19.6 Å². The molecule has 0 saturated carbocycles. The Morgan fingerprint density at radius 1 is 0.190 bits per heavy atom. The summed E-state index contributed by atoms with van der Waals surface area (Å²) in [6.45, 7) is 8.38. The van der Waals surface area contributed by atoms with Crippen LogP contribution in [0.5, 0.6) is 34.5 Å². The predicted octanol–water partition coefficient (Wildman–Crippen LogP) is 14.4. The minimum absolute atomic E-state index is 0.466. The van der Waals surface area contributed by atoms with E-state index >= 15 is 0 Å². The second-order valence-corrected chi connectivity index (χ2v) is 19.1. The van der Waals surface area contributed by atoms with Crippen LogP contribution in [0.4, 0.5) is 0 Å². The van der Waals surface area contributed by atoms with Crippen molar-refractivity contribution >= 4 is 0 Å². The van der Waals surface area contributed by atoms with Crippen molar-refractivity contribution in [2.24, 2.45) is 0 Å². The molecular weight excluding hydrogens is 987 g/mol. The van der Waals surface area contributed by atoms with Crippen molar-refractivity contribution in [3.8, 4) is 34.5 Å². The van der Waals surface area contributed by atoms with Crippen LogP contribution in [0.3, 0.4) is 0 Å². The first-order valence-corrected chi connectivity index (χ1v) is 27.0. The van der Waals surface area contributed by atoms with Gasteiger partial charge in [0.05, 0.1) is 39.6 Å². The molecule has 0 heterocycles. The van der Waals surface area contributed by atoms with E-state index in [0.29, 0.717) is 79.3 Å². The second-order valence-electron chi connectivity index (χ2n) is 19.1. The average Bonchev–Trinajstić information content (AvgIpc) is 3.51. The lowest BCUT2D eigenvalue weighted by atomic mass is 10.2. The van der Waals surface area contributed by atoms with Crippen LogP contribution < -0.4 is 28.4 Å². The lowest BCUT2D eigenvalue weighted by Gasteiger charge is -2.22. The zero-order valence-corrected chi connectivity index (χ0v) is 44.7. The van der Waals surface area contributed by atoms with E-state index in [1.165, 1.54) is 0 Å². The quantitative estimate of drug-likeness (QED) is 0.0371. The van der Waals surface area contributed by atoms with Crippen LogP contribution >= 0.6 is 0 Å². The van der Waals surface area contributed by atoms with E-state index in [1.54, 1.807) is 0 Å².